The number of hydrogen-bond acceptors (Lipinski definition) is 5. The van der Waals surface area contributed by atoms with E-state index in [2.05, 4.69) is 76.5 Å². The van der Waals surface area contributed by atoms with Gasteiger partial charge in [0.25, 0.3) is 0 Å². The summed E-state index contributed by atoms with van der Waals surface area (Å²) in [6.07, 6.45) is 1.37. The van der Waals surface area contributed by atoms with E-state index in [1.54, 1.807) is 0 Å². The van der Waals surface area contributed by atoms with Crippen molar-refractivity contribution in [1.82, 2.24) is 9.80 Å². The van der Waals surface area contributed by atoms with Crippen LogP contribution in [0.3, 0.4) is 0 Å². The summed E-state index contributed by atoms with van der Waals surface area (Å²) in [4.78, 5) is 16.3. The van der Waals surface area contributed by atoms with Gasteiger partial charge >= 0.3 is 0 Å². The number of aliphatic hydroxyl groups excluding tert-OH is 1. The summed E-state index contributed by atoms with van der Waals surface area (Å²) in [5, 5.41) is 19.9. The van der Waals surface area contributed by atoms with Crippen LogP contribution in [0.5, 0.6) is 0 Å². The third-order valence-corrected chi connectivity index (χ3v) is 9.08. The summed E-state index contributed by atoms with van der Waals surface area (Å²) in [6.45, 7) is 2.86. The number of aldehydes is 1. The SMILES string of the molecule is N#CC(O)C(Cc1ccccc1)N(Cc1ccccc1)Cc1ccccc1.O=CC(Cc1ccccc1)N(Cc1ccccc1)Cc1ccccc1.[Ac]. The second-order valence-electron chi connectivity index (χ2n) is 13.0. The van der Waals surface area contributed by atoms with Crippen molar-refractivity contribution in [2.45, 2.75) is 57.2 Å². The van der Waals surface area contributed by atoms with Crippen LogP contribution in [0.2, 0.25) is 0 Å². The quantitative estimate of drug-likeness (QED) is 0.0779. The molecule has 0 heterocycles. The molecule has 0 aliphatic carbocycles. The van der Waals surface area contributed by atoms with Crippen molar-refractivity contribution in [3.8, 4) is 6.07 Å². The number of carbonyl (C=O) groups excluding carboxylic acids is 1. The number of hydrogen-bond donors (Lipinski definition) is 1. The fourth-order valence-electron chi connectivity index (χ4n) is 6.35. The molecule has 53 heavy (non-hydrogen) atoms. The molecule has 6 rings (SSSR count). The summed E-state index contributed by atoms with van der Waals surface area (Å²) in [5.74, 6) is 0. The van der Waals surface area contributed by atoms with E-state index in [4.69, 9.17) is 0 Å². The van der Waals surface area contributed by atoms with Gasteiger partial charge in [-0.1, -0.05) is 182 Å². The van der Waals surface area contributed by atoms with Gasteiger partial charge in [-0.25, -0.2) is 0 Å². The minimum atomic E-state index is -1.06. The Balaban J connectivity index is 0.000000233. The number of benzene rings is 6. The van der Waals surface area contributed by atoms with Gasteiger partial charge in [-0.2, -0.15) is 5.26 Å². The molecule has 0 aliphatic heterocycles. The van der Waals surface area contributed by atoms with E-state index in [0.29, 0.717) is 19.5 Å². The van der Waals surface area contributed by atoms with E-state index in [1.807, 2.05) is 121 Å². The molecule has 1 N–H and O–H groups in total. The van der Waals surface area contributed by atoms with Crippen LogP contribution in [0.1, 0.15) is 33.4 Å². The van der Waals surface area contributed by atoms with E-state index in [9.17, 15) is 15.2 Å². The fourth-order valence-corrected chi connectivity index (χ4v) is 6.35. The van der Waals surface area contributed by atoms with E-state index in [1.165, 1.54) is 16.7 Å². The second-order valence-corrected chi connectivity index (χ2v) is 13.0. The summed E-state index contributed by atoms with van der Waals surface area (Å²) in [6, 6.07) is 62.9. The monoisotopic (exact) mass is 912 g/mol. The van der Waals surface area contributed by atoms with Crippen molar-refractivity contribution in [2.75, 3.05) is 0 Å². The molecule has 0 fully saturated rings. The molecule has 265 valence electrons. The zero-order valence-electron chi connectivity index (χ0n) is 30.1. The predicted molar refractivity (Wildman–Crippen MR) is 210 cm³/mol. The number of nitrogens with zero attached hydrogens (tertiary/aromatic N) is 3. The minimum absolute atomic E-state index is 0. The first-order valence-electron chi connectivity index (χ1n) is 17.9. The van der Waals surface area contributed by atoms with Crippen LogP contribution in [-0.4, -0.2) is 39.4 Å². The van der Waals surface area contributed by atoms with Gasteiger partial charge in [0.05, 0.1) is 18.2 Å². The molecule has 5 nitrogen and oxygen atoms in total. The second kappa shape index (κ2) is 23.5. The van der Waals surface area contributed by atoms with Crippen LogP contribution in [0.15, 0.2) is 182 Å². The molecule has 6 aromatic rings. The van der Waals surface area contributed by atoms with Gasteiger partial charge < -0.3 is 9.90 Å². The maximum absolute atomic E-state index is 11.9. The van der Waals surface area contributed by atoms with Crippen LogP contribution in [0, 0.1) is 55.4 Å². The summed E-state index contributed by atoms with van der Waals surface area (Å²) < 4.78 is 0. The van der Waals surface area contributed by atoms with Gasteiger partial charge in [-0.15, -0.1) is 0 Å². The molecule has 6 aromatic carbocycles. The molecule has 0 spiro atoms. The van der Waals surface area contributed by atoms with E-state index in [0.717, 1.165) is 42.5 Å². The first-order valence-corrected chi connectivity index (χ1v) is 17.9. The molecule has 3 unspecified atom stereocenters. The standard InChI is InChI=1S/C24H24N2O.C23H23NO.Ac/c25-17-24(27)23(16-20-10-4-1-5-11-20)26(18-21-12-6-2-7-13-21)19-22-14-8-3-9-15-22;25-19-23(16-20-10-4-1-5-11-20)24(17-21-12-6-2-7-13-21)18-22-14-8-3-9-15-22;/h1-15,23-24,27H,16,18-19H2;1-15,19,23H,16-18H2;. The Bertz CT molecular complexity index is 1810. The number of carbonyl (C=O) groups is 1. The van der Waals surface area contributed by atoms with Gasteiger partial charge in [-0.3, -0.25) is 9.80 Å². The van der Waals surface area contributed by atoms with Crippen molar-refractivity contribution in [1.29, 1.82) is 5.26 Å². The molecule has 3 atom stereocenters. The summed E-state index contributed by atoms with van der Waals surface area (Å²) in [5.41, 5.74) is 7.07. The third kappa shape index (κ3) is 14.3. The third-order valence-electron chi connectivity index (χ3n) is 9.08. The molecule has 0 aliphatic rings. The molecule has 0 aromatic heterocycles. The van der Waals surface area contributed by atoms with Crippen LogP contribution in [0.25, 0.3) is 0 Å². The Labute approximate surface area is 351 Å². The maximum Gasteiger partial charge on any atom is 0.156 e. The molecule has 0 saturated carbocycles. The Morgan fingerprint density at radius 1 is 0.472 bits per heavy atom. The zero-order chi connectivity index (χ0) is 36.2. The van der Waals surface area contributed by atoms with Crippen molar-refractivity contribution in [3.63, 3.8) is 0 Å². The van der Waals surface area contributed by atoms with Gasteiger partial charge in [0.1, 0.15) is 6.29 Å². The number of aliphatic hydroxyl groups is 1. The Kier molecular flexibility index (Phi) is 18.4. The topological polar surface area (TPSA) is 67.6 Å². The first kappa shape index (κ1) is 41.6. The normalized spacial score (nSPS) is 12.3. The van der Waals surface area contributed by atoms with Gasteiger partial charge in [-0.05, 0) is 46.2 Å². The minimum Gasteiger partial charge on any atom is -0.376 e. The largest absolute Gasteiger partial charge is 0.376 e. The van der Waals surface area contributed by atoms with Gasteiger partial charge in [0.2, 0.25) is 0 Å². The van der Waals surface area contributed by atoms with Crippen LogP contribution in [-0.2, 0) is 43.8 Å². The van der Waals surface area contributed by atoms with Crippen molar-refractivity contribution >= 4 is 6.29 Å². The van der Waals surface area contributed by atoms with Crippen LogP contribution < -0.4 is 0 Å². The Morgan fingerprint density at radius 2 is 0.755 bits per heavy atom. The average Bonchev–Trinajstić information content (AvgIpc) is 3.21. The van der Waals surface area contributed by atoms with Gasteiger partial charge in [0, 0.05) is 70.2 Å². The number of rotatable bonds is 16. The molecule has 0 saturated heterocycles. The predicted octanol–water partition coefficient (Wildman–Crippen LogP) is 8.68. The van der Waals surface area contributed by atoms with E-state index < -0.39 is 6.10 Å². The zero-order valence-corrected chi connectivity index (χ0v) is 34.9. The summed E-state index contributed by atoms with van der Waals surface area (Å²) >= 11 is 0. The van der Waals surface area contributed by atoms with Gasteiger partial charge in [0.15, 0.2) is 6.10 Å². The molecule has 0 bridgehead atoms. The van der Waals surface area contributed by atoms with Crippen molar-refractivity contribution < 1.29 is 54.0 Å². The number of nitriles is 1. The average molecular weight is 913 g/mol. The van der Waals surface area contributed by atoms with Crippen molar-refractivity contribution in [3.05, 3.63) is 215 Å². The van der Waals surface area contributed by atoms with E-state index >= 15 is 0 Å². The van der Waals surface area contributed by atoms with Crippen LogP contribution in [0.4, 0.5) is 0 Å². The Morgan fingerprint density at radius 3 is 1.06 bits per heavy atom. The maximum atomic E-state index is 11.9. The molecular formula is C47H47AcN3O2. The first-order chi connectivity index (χ1) is 25.6. The fraction of sp³-hybridized carbons (Fsp3) is 0.191. The summed E-state index contributed by atoms with van der Waals surface area (Å²) in [7, 11) is 0. The molecule has 6 heteroatoms. The molecule has 0 amide bonds. The molecule has 1 radical (unpaired) electrons. The molecular weight excluding hydrogens is 866 g/mol. The van der Waals surface area contributed by atoms with E-state index in [-0.39, 0.29) is 56.1 Å². The van der Waals surface area contributed by atoms with Crippen molar-refractivity contribution in [2.24, 2.45) is 0 Å². The Hall–Kier alpha value is -4.20. The smallest absolute Gasteiger partial charge is 0.156 e. The van der Waals surface area contributed by atoms with Crippen LogP contribution >= 0.6 is 0 Å².